The molecule has 0 saturated heterocycles. The lowest BCUT2D eigenvalue weighted by Gasteiger charge is -2.04. The molecule has 1 aromatic carbocycles. The standard InChI is InChI=1S/C10H14FNO/c11-9-3-5-10(6-4-9)12-7-1-2-8-13/h3-6,12-13H,1-2,7-8H2. The summed E-state index contributed by atoms with van der Waals surface area (Å²) < 4.78 is 12.5. The van der Waals surface area contributed by atoms with Gasteiger partial charge in [-0.15, -0.1) is 0 Å². The Hall–Kier alpha value is -1.09. The predicted octanol–water partition coefficient (Wildman–Crippen LogP) is 2.01. The molecule has 72 valence electrons. The summed E-state index contributed by atoms with van der Waals surface area (Å²) in [5.41, 5.74) is 0.916. The SMILES string of the molecule is OCCCCNc1ccc(F)cc1. The highest BCUT2D eigenvalue weighted by atomic mass is 19.1. The lowest BCUT2D eigenvalue weighted by molar-refractivity contribution is 0.286. The Morgan fingerprint density at radius 1 is 1.15 bits per heavy atom. The first-order valence-corrected chi connectivity index (χ1v) is 4.43. The van der Waals surface area contributed by atoms with E-state index in [4.69, 9.17) is 5.11 Å². The van der Waals surface area contributed by atoms with E-state index in [0.29, 0.717) is 0 Å². The van der Waals surface area contributed by atoms with Crippen LogP contribution < -0.4 is 5.32 Å². The van der Waals surface area contributed by atoms with E-state index in [1.54, 1.807) is 12.1 Å². The highest BCUT2D eigenvalue weighted by Gasteiger charge is 1.91. The summed E-state index contributed by atoms with van der Waals surface area (Å²) in [5.74, 6) is -0.221. The Labute approximate surface area is 77.4 Å². The van der Waals surface area contributed by atoms with Gasteiger partial charge >= 0.3 is 0 Å². The van der Waals surface area contributed by atoms with Gasteiger partial charge in [0.2, 0.25) is 0 Å². The van der Waals surface area contributed by atoms with Gasteiger partial charge in [-0.1, -0.05) is 0 Å². The van der Waals surface area contributed by atoms with Gasteiger partial charge in [0.05, 0.1) is 0 Å². The van der Waals surface area contributed by atoms with Crippen LogP contribution in [0.3, 0.4) is 0 Å². The van der Waals surface area contributed by atoms with Gasteiger partial charge in [0, 0.05) is 18.8 Å². The normalized spacial score (nSPS) is 10.0. The van der Waals surface area contributed by atoms with Crippen LogP contribution in [0.5, 0.6) is 0 Å². The number of unbranched alkanes of at least 4 members (excludes halogenated alkanes) is 1. The Kier molecular flexibility index (Phi) is 4.26. The summed E-state index contributed by atoms with van der Waals surface area (Å²) in [6.45, 7) is 1.04. The molecule has 0 saturated carbocycles. The third-order valence-corrected chi connectivity index (χ3v) is 1.76. The molecule has 1 rings (SSSR count). The monoisotopic (exact) mass is 183 g/mol. The lowest BCUT2D eigenvalue weighted by Crippen LogP contribution is -2.01. The number of nitrogens with one attached hydrogen (secondary N) is 1. The van der Waals surface area contributed by atoms with E-state index in [1.807, 2.05) is 0 Å². The number of rotatable bonds is 5. The summed E-state index contributed by atoms with van der Waals surface area (Å²) in [7, 11) is 0. The van der Waals surface area contributed by atoms with Crippen LogP contribution >= 0.6 is 0 Å². The minimum Gasteiger partial charge on any atom is -0.396 e. The van der Waals surface area contributed by atoms with Crippen LogP contribution in [-0.4, -0.2) is 18.3 Å². The molecule has 0 unspecified atom stereocenters. The second-order valence-electron chi connectivity index (χ2n) is 2.86. The molecule has 0 aromatic heterocycles. The van der Waals surface area contributed by atoms with Crippen molar-refractivity contribution in [3.05, 3.63) is 30.1 Å². The molecule has 0 aliphatic heterocycles. The van der Waals surface area contributed by atoms with Crippen molar-refractivity contribution in [3.63, 3.8) is 0 Å². The van der Waals surface area contributed by atoms with Crippen LogP contribution in [0.2, 0.25) is 0 Å². The molecule has 0 amide bonds. The molecule has 0 atom stereocenters. The molecule has 2 N–H and O–H groups in total. The summed E-state index contributed by atoms with van der Waals surface area (Å²) in [6, 6.07) is 6.26. The number of benzene rings is 1. The van der Waals surface area contributed by atoms with E-state index in [-0.39, 0.29) is 12.4 Å². The van der Waals surface area contributed by atoms with Gasteiger partial charge in [0.1, 0.15) is 5.82 Å². The van der Waals surface area contributed by atoms with Crippen molar-refractivity contribution in [1.82, 2.24) is 0 Å². The third kappa shape index (κ3) is 3.90. The first-order valence-electron chi connectivity index (χ1n) is 4.43. The number of hydrogen-bond acceptors (Lipinski definition) is 2. The molecule has 0 aliphatic carbocycles. The van der Waals surface area contributed by atoms with Crippen molar-refractivity contribution in [2.24, 2.45) is 0 Å². The maximum atomic E-state index is 12.5. The second kappa shape index (κ2) is 5.54. The van der Waals surface area contributed by atoms with Crippen molar-refractivity contribution in [3.8, 4) is 0 Å². The topological polar surface area (TPSA) is 32.3 Å². The average Bonchev–Trinajstić information content (AvgIpc) is 2.15. The number of hydrogen-bond donors (Lipinski definition) is 2. The second-order valence-corrected chi connectivity index (χ2v) is 2.86. The van der Waals surface area contributed by atoms with Gasteiger partial charge in [-0.3, -0.25) is 0 Å². The summed E-state index contributed by atoms with van der Waals surface area (Å²) in [6.07, 6.45) is 1.72. The van der Waals surface area contributed by atoms with Crippen LogP contribution in [0.15, 0.2) is 24.3 Å². The summed E-state index contributed by atoms with van der Waals surface area (Å²) in [5, 5.41) is 11.7. The fourth-order valence-corrected chi connectivity index (χ4v) is 1.04. The van der Waals surface area contributed by atoms with E-state index in [0.717, 1.165) is 25.1 Å². The summed E-state index contributed by atoms with van der Waals surface area (Å²) in [4.78, 5) is 0. The fourth-order valence-electron chi connectivity index (χ4n) is 1.04. The minimum absolute atomic E-state index is 0.221. The largest absolute Gasteiger partial charge is 0.396 e. The quantitative estimate of drug-likeness (QED) is 0.684. The molecule has 0 heterocycles. The molecule has 0 fully saturated rings. The molecular weight excluding hydrogens is 169 g/mol. The van der Waals surface area contributed by atoms with Crippen molar-refractivity contribution >= 4 is 5.69 Å². The summed E-state index contributed by atoms with van der Waals surface area (Å²) >= 11 is 0. The first kappa shape index (κ1) is 9.99. The zero-order chi connectivity index (χ0) is 9.52. The fraction of sp³-hybridized carbons (Fsp3) is 0.400. The van der Waals surface area contributed by atoms with Crippen LogP contribution in [0.25, 0.3) is 0 Å². The third-order valence-electron chi connectivity index (χ3n) is 1.76. The average molecular weight is 183 g/mol. The minimum atomic E-state index is -0.221. The van der Waals surface area contributed by atoms with E-state index in [2.05, 4.69) is 5.32 Å². The molecule has 2 nitrogen and oxygen atoms in total. The number of aliphatic hydroxyl groups is 1. The van der Waals surface area contributed by atoms with E-state index < -0.39 is 0 Å². The van der Waals surface area contributed by atoms with E-state index in [1.165, 1.54) is 12.1 Å². The Morgan fingerprint density at radius 2 is 1.85 bits per heavy atom. The molecule has 1 aromatic rings. The zero-order valence-corrected chi connectivity index (χ0v) is 7.46. The van der Waals surface area contributed by atoms with Crippen molar-refractivity contribution in [1.29, 1.82) is 0 Å². The highest BCUT2D eigenvalue weighted by molar-refractivity contribution is 5.42. The van der Waals surface area contributed by atoms with Gasteiger partial charge in [0.25, 0.3) is 0 Å². The smallest absolute Gasteiger partial charge is 0.123 e. The Balaban J connectivity index is 2.25. The van der Waals surface area contributed by atoms with Gasteiger partial charge < -0.3 is 10.4 Å². The van der Waals surface area contributed by atoms with Gasteiger partial charge in [-0.25, -0.2) is 4.39 Å². The van der Waals surface area contributed by atoms with Crippen LogP contribution in [0, 0.1) is 5.82 Å². The zero-order valence-electron chi connectivity index (χ0n) is 7.46. The van der Waals surface area contributed by atoms with Crippen molar-refractivity contribution in [2.75, 3.05) is 18.5 Å². The van der Waals surface area contributed by atoms with Gasteiger partial charge in [-0.2, -0.15) is 0 Å². The molecule has 0 aliphatic rings. The lowest BCUT2D eigenvalue weighted by atomic mass is 10.3. The predicted molar refractivity (Wildman–Crippen MR) is 51.2 cm³/mol. The molecular formula is C10H14FNO. The van der Waals surface area contributed by atoms with Gasteiger partial charge in [-0.05, 0) is 37.1 Å². The maximum Gasteiger partial charge on any atom is 0.123 e. The van der Waals surface area contributed by atoms with Crippen molar-refractivity contribution in [2.45, 2.75) is 12.8 Å². The number of aliphatic hydroxyl groups excluding tert-OH is 1. The molecule has 0 spiro atoms. The molecule has 13 heavy (non-hydrogen) atoms. The van der Waals surface area contributed by atoms with E-state index in [9.17, 15) is 4.39 Å². The molecule has 0 bridgehead atoms. The Bertz CT molecular complexity index is 235. The van der Waals surface area contributed by atoms with Crippen LogP contribution in [0.1, 0.15) is 12.8 Å². The van der Waals surface area contributed by atoms with Crippen LogP contribution in [-0.2, 0) is 0 Å². The van der Waals surface area contributed by atoms with Crippen molar-refractivity contribution < 1.29 is 9.50 Å². The van der Waals surface area contributed by atoms with E-state index >= 15 is 0 Å². The first-order chi connectivity index (χ1) is 6.33. The van der Waals surface area contributed by atoms with Crippen LogP contribution in [0.4, 0.5) is 10.1 Å². The maximum absolute atomic E-state index is 12.5. The number of anilines is 1. The highest BCUT2D eigenvalue weighted by Crippen LogP contribution is 2.07. The van der Waals surface area contributed by atoms with Gasteiger partial charge in [0.15, 0.2) is 0 Å². The molecule has 0 radical (unpaired) electrons. The molecule has 3 heteroatoms. The Morgan fingerprint density at radius 3 is 2.46 bits per heavy atom. The number of halogens is 1.